The second kappa shape index (κ2) is 10.1. The second-order valence-corrected chi connectivity index (χ2v) is 9.90. The average Bonchev–Trinajstić information content (AvgIpc) is 3.39. The number of methoxy groups -OCH3 is 1. The van der Waals surface area contributed by atoms with Crippen molar-refractivity contribution in [1.82, 2.24) is 10.2 Å². The zero-order chi connectivity index (χ0) is 25.2. The Labute approximate surface area is 205 Å². The molecule has 2 aromatic rings. The average molecular weight is 481 g/mol. The minimum Gasteiger partial charge on any atom is -0.467 e. The highest BCUT2D eigenvalue weighted by molar-refractivity contribution is 5.83. The lowest BCUT2D eigenvalue weighted by atomic mass is 9.98. The zero-order valence-corrected chi connectivity index (χ0v) is 20.6. The fraction of sp³-hybridized carbons (Fsp3) is 0.444. The van der Waals surface area contributed by atoms with E-state index in [0.717, 1.165) is 22.3 Å². The first-order chi connectivity index (χ1) is 16.7. The number of ether oxygens (including phenoxy) is 3. The van der Waals surface area contributed by atoms with Crippen LogP contribution in [0.3, 0.4) is 0 Å². The molecule has 186 valence electrons. The van der Waals surface area contributed by atoms with Gasteiger partial charge in [-0.05, 0) is 49.4 Å². The van der Waals surface area contributed by atoms with Crippen LogP contribution in [0.4, 0.5) is 4.79 Å². The Morgan fingerprint density at radius 1 is 1.00 bits per heavy atom. The number of nitrogens with zero attached hydrogens (tertiary/aromatic N) is 1. The van der Waals surface area contributed by atoms with Gasteiger partial charge in [0.05, 0.1) is 13.7 Å². The number of carbonyl (C=O) groups is 3. The first kappa shape index (κ1) is 24.7. The van der Waals surface area contributed by atoms with E-state index < -0.39 is 29.7 Å². The number of hydrogen-bond acceptors (Lipinski definition) is 7. The van der Waals surface area contributed by atoms with Crippen molar-refractivity contribution >= 4 is 18.0 Å². The van der Waals surface area contributed by atoms with Gasteiger partial charge in [-0.1, -0.05) is 48.5 Å². The number of amides is 1. The monoisotopic (exact) mass is 480 g/mol. The van der Waals surface area contributed by atoms with Crippen LogP contribution in [0.1, 0.15) is 44.2 Å². The summed E-state index contributed by atoms with van der Waals surface area (Å²) in [7, 11) is 1.29. The third-order valence-electron chi connectivity index (χ3n) is 6.30. The van der Waals surface area contributed by atoms with Crippen molar-refractivity contribution < 1.29 is 28.6 Å². The van der Waals surface area contributed by atoms with Gasteiger partial charge in [0.15, 0.2) is 0 Å². The fourth-order valence-electron chi connectivity index (χ4n) is 4.83. The first-order valence-corrected chi connectivity index (χ1v) is 11.8. The van der Waals surface area contributed by atoms with E-state index in [0.29, 0.717) is 6.42 Å². The summed E-state index contributed by atoms with van der Waals surface area (Å²) in [4.78, 5) is 39.0. The summed E-state index contributed by atoms with van der Waals surface area (Å²) in [6.07, 6.45) is -0.261. The number of nitrogens with one attached hydrogen (secondary N) is 1. The highest BCUT2D eigenvalue weighted by Crippen LogP contribution is 2.44. The predicted molar refractivity (Wildman–Crippen MR) is 130 cm³/mol. The number of likely N-dealkylation sites (tertiary alicyclic amines) is 1. The smallest absolute Gasteiger partial charge is 0.410 e. The van der Waals surface area contributed by atoms with Crippen LogP contribution in [-0.4, -0.2) is 67.4 Å². The molecular formula is C27H32N2O6. The van der Waals surface area contributed by atoms with Gasteiger partial charge in [-0.25, -0.2) is 9.59 Å². The van der Waals surface area contributed by atoms with Gasteiger partial charge in [0.2, 0.25) is 0 Å². The molecule has 0 unspecified atom stereocenters. The summed E-state index contributed by atoms with van der Waals surface area (Å²) in [5, 5.41) is 3.09. The molecule has 35 heavy (non-hydrogen) atoms. The Balaban J connectivity index is 1.41. The molecule has 2 atom stereocenters. The summed E-state index contributed by atoms with van der Waals surface area (Å²) in [5.74, 6) is -0.988. The van der Waals surface area contributed by atoms with Gasteiger partial charge < -0.3 is 19.5 Å². The summed E-state index contributed by atoms with van der Waals surface area (Å²) in [6.45, 7) is 5.76. The number of hydrogen-bond donors (Lipinski definition) is 1. The molecule has 1 amide bonds. The fourth-order valence-corrected chi connectivity index (χ4v) is 4.83. The van der Waals surface area contributed by atoms with Crippen molar-refractivity contribution in [1.29, 1.82) is 0 Å². The molecule has 2 aliphatic rings. The van der Waals surface area contributed by atoms with Crippen molar-refractivity contribution in [3.63, 3.8) is 0 Å². The normalized spacial score (nSPS) is 19.1. The number of benzene rings is 2. The van der Waals surface area contributed by atoms with E-state index in [-0.39, 0.29) is 31.7 Å². The molecule has 0 saturated carbocycles. The third kappa shape index (κ3) is 5.48. The van der Waals surface area contributed by atoms with E-state index in [9.17, 15) is 14.4 Å². The lowest BCUT2D eigenvalue weighted by Crippen LogP contribution is -2.42. The molecule has 0 radical (unpaired) electrons. The van der Waals surface area contributed by atoms with E-state index in [1.165, 1.54) is 12.0 Å². The zero-order valence-electron chi connectivity index (χ0n) is 20.6. The summed E-state index contributed by atoms with van der Waals surface area (Å²) < 4.78 is 16.0. The van der Waals surface area contributed by atoms with E-state index in [4.69, 9.17) is 14.2 Å². The molecule has 1 N–H and O–H groups in total. The molecule has 8 heteroatoms. The van der Waals surface area contributed by atoms with Crippen molar-refractivity contribution in [3.8, 4) is 11.1 Å². The molecule has 0 bridgehead atoms. The molecule has 2 aromatic carbocycles. The maximum Gasteiger partial charge on any atom is 0.410 e. The Kier molecular flexibility index (Phi) is 7.12. The van der Waals surface area contributed by atoms with E-state index >= 15 is 0 Å². The van der Waals surface area contributed by atoms with Crippen LogP contribution in [-0.2, 0) is 23.8 Å². The molecular weight excluding hydrogens is 448 g/mol. The Morgan fingerprint density at radius 2 is 1.60 bits per heavy atom. The van der Waals surface area contributed by atoms with E-state index in [1.54, 1.807) is 20.8 Å². The van der Waals surface area contributed by atoms with Crippen LogP contribution >= 0.6 is 0 Å². The molecule has 1 heterocycles. The lowest BCUT2D eigenvalue weighted by molar-refractivity contribution is -0.153. The topological polar surface area (TPSA) is 94.2 Å². The van der Waals surface area contributed by atoms with Crippen LogP contribution in [0, 0.1) is 0 Å². The molecule has 0 spiro atoms. The van der Waals surface area contributed by atoms with Gasteiger partial charge in [-0.2, -0.15) is 0 Å². The standard InChI is InChI=1S/C27H32N2O6/c1-27(2,3)35-24(30)14-28-17-13-23(25(31)33-4)29(15-17)26(32)34-16-22-20-11-7-5-9-18(20)19-10-6-8-12-21(19)22/h5-12,17,22-23,28H,13-16H2,1-4H3/t17-,23+/m1/s1. The Bertz CT molecular complexity index is 1060. The largest absolute Gasteiger partial charge is 0.467 e. The molecule has 8 nitrogen and oxygen atoms in total. The number of esters is 2. The molecule has 1 saturated heterocycles. The van der Waals surface area contributed by atoms with Gasteiger partial charge in [0.25, 0.3) is 0 Å². The second-order valence-electron chi connectivity index (χ2n) is 9.90. The number of rotatable bonds is 6. The summed E-state index contributed by atoms with van der Waals surface area (Å²) in [5.41, 5.74) is 3.93. The van der Waals surface area contributed by atoms with Gasteiger partial charge in [-0.15, -0.1) is 0 Å². The van der Waals surface area contributed by atoms with E-state index in [1.807, 2.05) is 24.3 Å². The number of carbonyl (C=O) groups excluding carboxylic acids is 3. The van der Waals surface area contributed by atoms with E-state index in [2.05, 4.69) is 29.6 Å². The van der Waals surface area contributed by atoms with Crippen LogP contribution in [0.2, 0.25) is 0 Å². The van der Waals surface area contributed by atoms with Gasteiger partial charge in [0, 0.05) is 18.5 Å². The van der Waals surface area contributed by atoms with Crippen LogP contribution in [0.15, 0.2) is 48.5 Å². The van der Waals surface area contributed by atoms with Crippen molar-refractivity contribution in [3.05, 3.63) is 59.7 Å². The Hall–Kier alpha value is -3.39. The highest BCUT2D eigenvalue weighted by atomic mass is 16.6. The Morgan fingerprint density at radius 3 is 2.17 bits per heavy atom. The maximum atomic E-state index is 13.1. The van der Waals surface area contributed by atoms with Crippen LogP contribution in [0.25, 0.3) is 11.1 Å². The van der Waals surface area contributed by atoms with Gasteiger partial charge in [0.1, 0.15) is 18.2 Å². The SMILES string of the molecule is COC(=O)[C@@H]1C[C@@H](NCC(=O)OC(C)(C)C)CN1C(=O)OCC1c2ccccc2-c2ccccc21. The molecule has 1 aliphatic heterocycles. The van der Waals surface area contributed by atoms with Gasteiger partial charge in [-0.3, -0.25) is 9.69 Å². The molecule has 1 fully saturated rings. The highest BCUT2D eigenvalue weighted by Gasteiger charge is 2.42. The summed E-state index contributed by atoms with van der Waals surface area (Å²) in [6, 6.07) is 15.2. The first-order valence-electron chi connectivity index (χ1n) is 11.8. The minimum absolute atomic E-state index is 0.0195. The van der Waals surface area contributed by atoms with Crippen molar-refractivity contribution in [2.75, 3.05) is 26.8 Å². The van der Waals surface area contributed by atoms with Crippen LogP contribution in [0.5, 0.6) is 0 Å². The lowest BCUT2D eigenvalue weighted by Gasteiger charge is -2.23. The van der Waals surface area contributed by atoms with Gasteiger partial charge >= 0.3 is 18.0 Å². The molecule has 0 aromatic heterocycles. The predicted octanol–water partition coefficient (Wildman–Crippen LogP) is 3.48. The maximum absolute atomic E-state index is 13.1. The number of fused-ring (bicyclic) bond motifs is 3. The third-order valence-corrected chi connectivity index (χ3v) is 6.30. The van der Waals surface area contributed by atoms with Crippen LogP contribution < -0.4 is 5.32 Å². The minimum atomic E-state index is -0.785. The summed E-state index contributed by atoms with van der Waals surface area (Å²) >= 11 is 0. The molecule has 4 rings (SSSR count). The quantitative estimate of drug-likeness (QED) is 0.500. The van der Waals surface area contributed by atoms with Crippen molar-refractivity contribution in [2.45, 2.75) is 50.8 Å². The van der Waals surface area contributed by atoms with Crippen molar-refractivity contribution in [2.24, 2.45) is 0 Å². The molecule has 1 aliphatic carbocycles.